The maximum Gasteiger partial charge on any atom is 0.252 e. The minimum absolute atomic E-state index is 0.0192. The number of anilines is 1. The average molecular weight is 503 g/mol. The molecular weight excluding hydrogens is 468 g/mol. The summed E-state index contributed by atoms with van der Waals surface area (Å²) in [5.74, 6) is 0.488. The molecule has 2 aromatic heterocycles. The van der Waals surface area contributed by atoms with Crippen LogP contribution in [0.3, 0.4) is 0 Å². The number of sulfonamides is 1. The van der Waals surface area contributed by atoms with Gasteiger partial charge in [0.25, 0.3) is 5.56 Å². The van der Waals surface area contributed by atoms with Gasteiger partial charge in [-0.2, -0.15) is 9.29 Å². The Balaban J connectivity index is 1.20. The Hall–Kier alpha value is -2.34. The Morgan fingerprint density at radius 1 is 1.06 bits per heavy atom. The van der Waals surface area contributed by atoms with Crippen molar-refractivity contribution in [3.63, 3.8) is 0 Å². The Morgan fingerprint density at radius 2 is 1.80 bits per heavy atom. The number of morpholine rings is 1. The molecule has 0 radical (unpaired) electrons. The highest BCUT2D eigenvalue weighted by atomic mass is 32.2. The van der Waals surface area contributed by atoms with Gasteiger partial charge in [0.2, 0.25) is 16.0 Å². The summed E-state index contributed by atoms with van der Waals surface area (Å²) in [6.07, 6.45) is 9.09. The fourth-order valence-corrected chi connectivity index (χ4v) is 6.47. The summed E-state index contributed by atoms with van der Waals surface area (Å²) in [5.41, 5.74) is 0.654. The molecule has 0 atom stereocenters. The second-order valence-electron chi connectivity index (χ2n) is 9.60. The van der Waals surface area contributed by atoms with Gasteiger partial charge in [-0.15, -0.1) is 0 Å². The molecular formula is C24H34N6O4S. The van der Waals surface area contributed by atoms with Gasteiger partial charge < -0.3 is 10.1 Å². The van der Waals surface area contributed by atoms with E-state index in [1.54, 1.807) is 28.7 Å². The lowest BCUT2D eigenvalue weighted by molar-refractivity contribution is 0.0434. The van der Waals surface area contributed by atoms with Crippen LogP contribution in [-0.4, -0.2) is 84.1 Å². The third kappa shape index (κ3) is 5.74. The number of aromatic nitrogens is 3. The Morgan fingerprint density at radius 3 is 2.54 bits per heavy atom. The van der Waals surface area contributed by atoms with Gasteiger partial charge in [0.15, 0.2) is 0 Å². The molecule has 1 N–H and O–H groups in total. The first-order valence-corrected chi connectivity index (χ1v) is 14.1. The van der Waals surface area contributed by atoms with E-state index in [9.17, 15) is 13.2 Å². The first kappa shape index (κ1) is 24.4. The van der Waals surface area contributed by atoms with Crippen LogP contribution in [0.15, 0.2) is 34.6 Å². The molecule has 2 aliphatic heterocycles. The fourth-order valence-electron chi connectivity index (χ4n) is 5.24. The van der Waals surface area contributed by atoms with Gasteiger partial charge in [0.05, 0.1) is 13.2 Å². The normalized spacial score (nSPS) is 21.8. The lowest BCUT2D eigenvalue weighted by atomic mass is 10.1. The smallest absolute Gasteiger partial charge is 0.252 e. The van der Waals surface area contributed by atoms with E-state index >= 15 is 0 Å². The second kappa shape index (κ2) is 10.7. The Bertz CT molecular complexity index is 1210. The van der Waals surface area contributed by atoms with Crippen LogP contribution in [-0.2, 0) is 14.8 Å². The molecule has 0 bridgehead atoms. The Kier molecular flexibility index (Phi) is 7.47. The van der Waals surface area contributed by atoms with Crippen molar-refractivity contribution in [1.29, 1.82) is 0 Å². The van der Waals surface area contributed by atoms with E-state index in [1.165, 1.54) is 5.41 Å². The molecule has 0 unspecified atom stereocenters. The third-order valence-electron chi connectivity index (χ3n) is 7.24. The first-order valence-electron chi connectivity index (χ1n) is 12.6. The van der Waals surface area contributed by atoms with Gasteiger partial charge in [-0.25, -0.2) is 13.4 Å². The summed E-state index contributed by atoms with van der Waals surface area (Å²) in [6.45, 7) is 4.56. The van der Waals surface area contributed by atoms with E-state index in [2.05, 4.69) is 15.2 Å². The predicted octanol–water partition coefficient (Wildman–Crippen LogP) is 1.96. The predicted molar refractivity (Wildman–Crippen MR) is 135 cm³/mol. The quantitative estimate of drug-likeness (QED) is 0.612. The highest BCUT2D eigenvalue weighted by Gasteiger charge is 2.27. The van der Waals surface area contributed by atoms with Crippen LogP contribution in [0.2, 0.25) is 0 Å². The molecule has 0 spiro atoms. The number of ether oxygens (including phenoxy) is 1. The zero-order valence-electron chi connectivity index (χ0n) is 20.0. The number of nitrogens with one attached hydrogen (secondary N) is 1. The largest absolute Gasteiger partial charge is 0.379 e. The maximum absolute atomic E-state index is 12.8. The molecule has 35 heavy (non-hydrogen) atoms. The number of fused-ring (bicyclic) bond motifs is 1. The summed E-state index contributed by atoms with van der Waals surface area (Å²) in [4.78, 5) is 24.0. The van der Waals surface area contributed by atoms with Crippen LogP contribution in [0, 0.1) is 0 Å². The van der Waals surface area contributed by atoms with Crippen LogP contribution < -0.4 is 10.9 Å². The summed E-state index contributed by atoms with van der Waals surface area (Å²) in [5, 5.41) is 5.56. The van der Waals surface area contributed by atoms with Crippen LogP contribution in [0.5, 0.6) is 0 Å². The monoisotopic (exact) mass is 502 g/mol. The number of rotatable bonds is 7. The minimum atomic E-state index is -3.43. The molecule has 0 amide bonds. The fraction of sp³-hybridized carbons (Fsp3) is 0.625. The minimum Gasteiger partial charge on any atom is -0.379 e. The van der Waals surface area contributed by atoms with Gasteiger partial charge in [-0.1, -0.05) is 18.9 Å². The van der Waals surface area contributed by atoms with Crippen molar-refractivity contribution >= 4 is 27.0 Å². The molecule has 3 aliphatic rings. The topological polar surface area (TPSA) is 110 Å². The number of hydrogen-bond donors (Lipinski definition) is 1. The molecule has 11 heteroatoms. The van der Waals surface area contributed by atoms with Crippen molar-refractivity contribution in [3.8, 4) is 0 Å². The SMILES string of the molecule is O=c1ccc2cnc(NC3CCN(S(=O)(=O)/C=C/CN4CCOCC4)CC3)nc2n1C1CCCC1. The average Bonchev–Trinajstić information content (AvgIpc) is 3.39. The number of piperidine rings is 1. The van der Waals surface area contributed by atoms with Gasteiger partial charge in [0, 0.05) is 67.9 Å². The highest BCUT2D eigenvalue weighted by molar-refractivity contribution is 7.92. The van der Waals surface area contributed by atoms with E-state index in [4.69, 9.17) is 9.72 Å². The van der Waals surface area contributed by atoms with Gasteiger partial charge in [-0.05, 0) is 31.7 Å². The molecule has 1 saturated carbocycles. The third-order valence-corrected chi connectivity index (χ3v) is 8.86. The molecule has 1 aliphatic carbocycles. The van der Waals surface area contributed by atoms with Crippen molar-refractivity contribution in [3.05, 3.63) is 40.2 Å². The standard InChI is InChI=1S/C24H34N6O4S/c31-22-7-6-19-18-25-24(27-23(19)30(22)21-4-1-2-5-21)26-20-8-11-29(12-9-20)35(32,33)17-3-10-28-13-15-34-16-14-28/h3,6-7,17-18,20-21H,1-2,4-5,8-16H2,(H,25,26,27)/b17-3+. The summed E-state index contributed by atoms with van der Waals surface area (Å²) >= 11 is 0. The van der Waals surface area contributed by atoms with Crippen LogP contribution in [0.25, 0.3) is 11.0 Å². The van der Waals surface area contributed by atoms with Gasteiger partial charge in [0.1, 0.15) is 5.65 Å². The van der Waals surface area contributed by atoms with Crippen molar-refractivity contribution in [2.24, 2.45) is 0 Å². The Labute approximate surface area is 206 Å². The zero-order chi connectivity index (χ0) is 24.3. The number of hydrogen-bond acceptors (Lipinski definition) is 8. The van der Waals surface area contributed by atoms with Crippen molar-refractivity contribution in [2.45, 2.75) is 50.6 Å². The molecule has 3 fully saturated rings. The number of nitrogens with zero attached hydrogens (tertiary/aromatic N) is 5. The lowest BCUT2D eigenvalue weighted by Gasteiger charge is -2.31. The van der Waals surface area contributed by atoms with Gasteiger partial charge in [-0.3, -0.25) is 14.3 Å². The molecule has 0 aromatic carbocycles. The van der Waals surface area contributed by atoms with E-state index in [0.717, 1.165) is 44.2 Å². The van der Waals surface area contributed by atoms with E-state index in [-0.39, 0.29) is 17.6 Å². The maximum atomic E-state index is 12.8. The van der Waals surface area contributed by atoms with Crippen LogP contribution in [0.4, 0.5) is 5.95 Å². The molecule has 2 aromatic rings. The summed E-state index contributed by atoms with van der Waals surface area (Å²) in [6, 6.07) is 3.65. The van der Waals surface area contributed by atoms with E-state index in [1.807, 2.05) is 4.57 Å². The van der Waals surface area contributed by atoms with Gasteiger partial charge >= 0.3 is 0 Å². The van der Waals surface area contributed by atoms with Crippen molar-refractivity contribution < 1.29 is 13.2 Å². The molecule has 2 saturated heterocycles. The van der Waals surface area contributed by atoms with Crippen LogP contribution in [0.1, 0.15) is 44.6 Å². The van der Waals surface area contributed by atoms with Crippen molar-refractivity contribution in [1.82, 2.24) is 23.7 Å². The molecule has 4 heterocycles. The second-order valence-corrected chi connectivity index (χ2v) is 11.4. The first-order chi connectivity index (χ1) is 17.0. The summed E-state index contributed by atoms with van der Waals surface area (Å²) in [7, 11) is -3.43. The molecule has 10 nitrogen and oxygen atoms in total. The summed E-state index contributed by atoms with van der Waals surface area (Å²) < 4.78 is 34.2. The van der Waals surface area contributed by atoms with Crippen LogP contribution >= 0.6 is 0 Å². The zero-order valence-corrected chi connectivity index (χ0v) is 20.8. The highest BCUT2D eigenvalue weighted by Crippen LogP contribution is 2.30. The molecule has 5 rings (SSSR count). The lowest BCUT2D eigenvalue weighted by Crippen LogP contribution is -2.42. The van der Waals surface area contributed by atoms with Crippen molar-refractivity contribution in [2.75, 3.05) is 51.3 Å². The van der Waals surface area contributed by atoms with E-state index in [0.29, 0.717) is 57.3 Å². The molecule has 190 valence electrons. The number of pyridine rings is 1. The van der Waals surface area contributed by atoms with E-state index < -0.39 is 10.0 Å².